The van der Waals surface area contributed by atoms with Gasteiger partial charge in [-0.3, -0.25) is 14.5 Å². The first-order valence-corrected chi connectivity index (χ1v) is 9.72. The number of carbonyl (C=O) groups excluding carboxylic acids is 2. The van der Waals surface area contributed by atoms with Crippen molar-refractivity contribution in [3.8, 4) is 5.75 Å². The van der Waals surface area contributed by atoms with Gasteiger partial charge < -0.3 is 15.0 Å². The van der Waals surface area contributed by atoms with Crippen LogP contribution in [0.2, 0.25) is 0 Å². The summed E-state index contributed by atoms with van der Waals surface area (Å²) in [7, 11) is 0. The van der Waals surface area contributed by atoms with Crippen molar-refractivity contribution >= 4 is 17.9 Å². The first-order chi connectivity index (χ1) is 13.8. The van der Waals surface area contributed by atoms with Crippen LogP contribution in [0.5, 0.6) is 5.75 Å². The van der Waals surface area contributed by atoms with Gasteiger partial charge in [-0.25, -0.2) is 0 Å². The van der Waals surface area contributed by atoms with Gasteiger partial charge in [0.25, 0.3) is 5.91 Å². The maximum Gasteiger partial charge on any atom is 0.257 e. The number of rotatable bonds is 9. The van der Waals surface area contributed by atoms with E-state index < -0.39 is 0 Å². The van der Waals surface area contributed by atoms with Gasteiger partial charge in [-0.15, -0.1) is 0 Å². The van der Waals surface area contributed by atoms with E-state index in [1.54, 1.807) is 24.3 Å². The second-order valence-corrected chi connectivity index (χ2v) is 6.81. The van der Waals surface area contributed by atoms with E-state index in [1.807, 2.05) is 6.07 Å². The van der Waals surface area contributed by atoms with Crippen molar-refractivity contribution in [2.24, 2.45) is 0 Å². The van der Waals surface area contributed by atoms with Crippen molar-refractivity contribution in [1.29, 1.82) is 0 Å². The zero-order valence-electron chi connectivity index (χ0n) is 16.0. The maximum atomic E-state index is 11.9. The first kappa shape index (κ1) is 19.9. The number of piperazine rings is 1. The molecule has 2 aromatic carbocycles. The molecule has 1 aliphatic heterocycles. The van der Waals surface area contributed by atoms with Gasteiger partial charge in [0, 0.05) is 38.4 Å². The molecule has 2 aromatic rings. The molecule has 6 nitrogen and oxygen atoms in total. The SMILES string of the molecule is O=Cc1ccccc1OCC(=O)NCCCN1CCN(c2ccccc2)CC1. The van der Waals surface area contributed by atoms with Gasteiger partial charge in [-0.1, -0.05) is 30.3 Å². The van der Waals surface area contributed by atoms with Gasteiger partial charge in [0.2, 0.25) is 0 Å². The Hall–Kier alpha value is -2.86. The monoisotopic (exact) mass is 381 g/mol. The highest BCUT2D eigenvalue weighted by molar-refractivity contribution is 5.80. The number of ether oxygens (including phenoxy) is 1. The standard InChI is InChI=1S/C22H27N3O3/c26-17-19-7-4-5-10-21(19)28-18-22(27)23-11-6-12-24-13-15-25(16-14-24)20-8-2-1-3-9-20/h1-5,7-10,17H,6,11-16,18H2,(H,23,27). The van der Waals surface area contributed by atoms with Gasteiger partial charge >= 0.3 is 0 Å². The molecule has 1 fully saturated rings. The molecule has 0 radical (unpaired) electrons. The van der Waals surface area contributed by atoms with Crippen molar-refractivity contribution in [3.63, 3.8) is 0 Å². The third kappa shape index (κ3) is 5.82. The summed E-state index contributed by atoms with van der Waals surface area (Å²) in [6.45, 7) is 5.64. The van der Waals surface area contributed by atoms with Crippen LogP contribution in [0.25, 0.3) is 0 Å². The van der Waals surface area contributed by atoms with E-state index in [4.69, 9.17) is 4.74 Å². The van der Waals surface area contributed by atoms with Crippen LogP contribution in [0.1, 0.15) is 16.8 Å². The van der Waals surface area contributed by atoms with Crippen molar-refractivity contribution in [2.45, 2.75) is 6.42 Å². The largest absolute Gasteiger partial charge is 0.483 e. The molecule has 1 amide bonds. The molecule has 6 heteroatoms. The lowest BCUT2D eigenvalue weighted by Crippen LogP contribution is -2.47. The highest BCUT2D eigenvalue weighted by Crippen LogP contribution is 2.16. The Morgan fingerprint density at radius 3 is 2.46 bits per heavy atom. The van der Waals surface area contributed by atoms with E-state index in [1.165, 1.54) is 5.69 Å². The number of benzene rings is 2. The Kier molecular flexibility index (Phi) is 7.44. The number of amides is 1. The summed E-state index contributed by atoms with van der Waals surface area (Å²) in [6.07, 6.45) is 1.63. The van der Waals surface area contributed by atoms with Crippen molar-refractivity contribution in [2.75, 3.05) is 50.8 Å². The summed E-state index contributed by atoms with van der Waals surface area (Å²) in [5, 5.41) is 2.88. The minimum Gasteiger partial charge on any atom is -0.483 e. The van der Waals surface area contributed by atoms with Crippen LogP contribution in [-0.2, 0) is 4.79 Å². The first-order valence-electron chi connectivity index (χ1n) is 9.72. The molecule has 0 bridgehead atoms. The Bertz CT molecular complexity index is 759. The predicted molar refractivity (Wildman–Crippen MR) is 110 cm³/mol. The minimum atomic E-state index is -0.172. The van der Waals surface area contributed by atoms with Gasteiger partial charge in [-0.05, 0) is 37.2 Å². The fourth-order valence-electron chi connectivity index (χ4n) is 3.30. The number of hydrogen-bond acceptors (Lipinski definition) is 5. The lowest BCUT2D eigenvalue weighted by Gasteiger charge is -2.36. The molecule has 0 saturated carbocycles. The molecule has 3 rings (SSSR count). The number of nitrogens with zero attached hydrogens (tertiary/aromatic N) is 2. The number of anilines is 1. The second-order valence-electron chi connectivity index (χ2n) is 6.81. The summed E-state index contributed by atoms with van der Waals surface area (Å²) in [4.78, 5) is 27.7. The number of carbonyl (C=O) groups is 2. The maximum absolute atomic E-state index is 11.9. The van der Waals surface area contributed by atoms with Gasteiger partial charge in [-0.2, -0.15) is 0 Å². The third-order valence-corrected chi connectivity index (χ3v) is 4.87. The average molecular weight is 381 g/mol. The Morgan fingerprint density at radius 1 is 1.00 bits per heavy atom. The van der Waals surface area contributed by atoms with Crippen molar-refractivity contribution in [1.82, 2.24) is 10.2 Å². The molecule has 28 heavy (non-hydrogen) atoms. The Labute approximate surface area is 166 Å². The van der Waals surface area contributed by atoms with E-state index in [2.05, 4.69) is 39.4 Å². The molecule has 1 heterocycles. The van der Waals surface area contributed by atoms with Crippen LogP contribution >= 0.6 is 0 Å². The molecule has 1 saturated heterocycles. The quantitative estimate of drug-likeness (QED) is 0.533. The van der Waals surface area contributed by atoms with Gasteiger partial charge in [0.1, 0.15) is 5.75 Å². The predicted octanol–water partition coefficient (Wildman–Crippen LogP) is 2.21. The van der Waals surface area contributed by atoms with Crippen LogP contribution in [0.15, 0.2) is 54.6 Å². The summed E-state index contributed by atoms with van der Waals surface area (Å²) >= 11 is 0. The van der Waals surface area contributed by atoms with Crippen LogP contribution in [-0.4, -0.2) is 63.0 Å². The normalized spacial score (nSPS) is 14.5. The Balaban J connectivity index is 1.29. The highest BCUT2D eigenvalue weighted by atomic mass is 16.5. The van der Waals surface area contributed by atoms with E-state index in [-0.39, 0.29) is 12.5 Å². The summed E-state index contributed by atoms with van der Waals surface area (Å²) in [5.74, 6) is 0.263. The molecule has 0 spiro atoms. The molecular formula is C22H27N3O3. The summed E-state index contributed by atoms with van der Waals surface area (Å²) in [5.41, 5.74) is 1.73. The van der Waals surface area contributed by atoms with Gasteiger partial charge in [0.05, 0.1) is 5.56 Å². The molecule has 1 N–H and O–H groups in total. The van der Waals surface area contributed by atoms with Crippen LogP contribution in [0, 0.1) is 0 Å². The number of para-hydroxylation sites is 2. The van der Waals surface area contributed by atoms with Crippen LogP contribution < -0.4 is 15.0 Å². The summed E-state index contributed by atoms with van der Waals surface area (Å²) in [6, 6.07) is 17.4. The second kappa shape index (κ2) is 10.5. The van der Waals surface area contributed by atoms with Gasteiger partial charge in [0.15, 0.2) is 12.9 Å². The lowest BCUT2D eigenvalue weighted by molar-refractivity contribution is -0.123. The fourth-order valence-corrected chi connectivity index (χ4v) is 3.30. The molecule has 0 atom stereocenters. The molecule has 148 valence electrons. The highest BCUT2D eigenvalue weighted by Gasteiger charge is 2.16. The molecular weight excluding hydrogens is 354 g/mol. The topological polar surface area (TPSA) is 61.9 Å². The van der Waals surface area contributed by atoms with E-state index in [0.29, 0.717) is 17.9 Å². The smallest absolute Gasteiger partial charge is 0.257 e. The fraction of sp³-hybridized carbons (Fsp3) is 0.364. The molecule has 0 aromatic heterocycles. The van der Waals surface area contributed by atoms with E-state index in [9.17, 15) is 9.59 Å². The van der Waals surface area contributed by atoms with Crippen molar-refractivity contribution < 1.29 is 14.3 Å². The van der Waals surface area contributed by atoms with E-state index in [0.717, 1.165) is 45.4 Å². The minimum absolute atomic E-state index is 0.0827. The summed E-state index contributed by atoms with van der Waals surface area (Å²) < 4.78 is 5.43. The zero-order valence-corrected chi connectivity index (χ0v) is 16.0. The zero-order chi connectivity index (χ0) is 19.6. The van der Waals surface area contributed by atoms with Crippen LogP contribution in [0.4, 0.5) is 5.69 Å². The molecule has 0 unspecified atom stereocenters. The number of nitrogens with one attached hydrogen (secondary N) is 1. The molecule has 0 aliphatic carbocycles. The average Bonchev–Trinajstić information content (AvgIpc) is 2.76. The van der Waals surface area contributed by atoms with E-state index >= 15 is 0 Å². The van der Waals surface area contributed by atoms with Crippen molar-refractivity contribution in [3.05, 3.63) is 60.2 Å². The molecule has 1 aliphatic rings. The number of hydrogen-bond donors (Lipinski definition) is 1. The lowest BCUT2D eigenvalue weighted by atomic mass is 10.2. The Morgan fingerprint density at radius 2 is 1.71 bits per heavy atom. The van der Waals surface area contributed by atoms with Crippen LogP contribution in [0.3, 0.4) is 0 Å². The third-order valence-electron chi connectivity index (χ3n) is 4.87. The number of aldehydes is 1.